The predicted octanol–water partition coefficient (Wildman–Crippen LogP) is 1.43. The number of nitrogens with zero attached hydrogens (tertiary/aromatic N) is 1. The second kappa shape index (κ2) is 8.31. The summed E-state index contributed by atoms with van der Waals surface area (Å²) in [5.74, 6) is -1.72. The first-order chi connectivity index (χ1) is 13.8. The molecule has 3 N–H and O–H groups in total. The van der Waals surface area contributed by atoms with Gasteiger partial charge in [-0.05, 0) is 55.0 Å². The van der Waals surface area contributed by atoms with E-state index in [0.717, 1.165) is 6.42 Å². The second-order valence-electron chi connectivity index (χ2n) is 6.40. The van der Waals surface area contributed by atoms with Crippen LogP contribution in [-0.4, -0.2) is 44.4 Å². The summed E-state index contributed by atoms with van der Waals surface area (Å²) < 4.78 is 27.5. The zero-order valence-electron chi connectivity index (χ0n) is 15.3. The van der Waals surface area contributed by atoms with Crippen LogP contribution in [0.5, 0.6) is 0 Å². The molecule has 152 valence electrons. The molecule has 0 aromatic heterocycles. The molecule has 1 aliphatic heterocycles. The predicted molar refractivity (Wildman–Crippen MR) is 105 cm³/mol. The van der Waals surface area contributed by atoms with Crippen LogP contribution >= 0.6 is 0 Å². The third-order valence-electron chi connectivity index (χ3n) is 4.33. The highest BCUT2D eigenvalue weighted by Crippen LogP contribution is 2.24. The van der Waals surface area contributed by atoms with Crippen molar-refractivity contribution >= 4 is 39.2 Å². The number of aliphatic carboxylic acids is 1. The molecule has 10 heteroatoms. The van der Waals surface area contributed by atoms with Gasteiger partial charge in [-0.3, -0.25) is 19.1 Å². The maximum Gasteiger partial charge on any atom is 0.322 e. The van der Waals surface area contributed by atoms with Gasteiger partial charge in [0.1, 0.15) is 6.54 Å². The molecule has 0 unspecified atom stereocenters. The molecular formula is C19H19N3O6S. The van der Waals surface area contributed by atoms with Gasteiger partial charge in [-0.1, -0.05) is 0 Å². The van der Waals surface area contributed by atoms with Gasteiger partial charge in [0.2, 0.25) is 5.91 Å². The van der Waals surface area contributed by atoms with Crippen molar-refractivity contribution in [2.24, 2.45) is 0 Å². The summed E-state index contributed by atoms with van der Waals surface area (Å²) in [6.45, 7) is 0.113. The molecule has 9 nitrogen and oxygen atoms in total. The lowest BCUT2D eigenvalue weighted by Crippen LogP contribution is -2.29. The van der Waals surface area contributed by atoms with Crippen molar-refractivity contribution in [3.05, 3.63) is 54.1 Å². The van der Waals surface area contributed by atoms with Crippen molar-refractivity contribution in [3.8, 4) is 0 Å². The van der Waals surface area contributed by atoms with E-state index in [-0.39, 0.29) is 22.1 Å². The smallest absolute Gasteiger partial charge is 0.322 e. The monoisotopic (exact) mass is 417 g/mol. The number of carbonyl (C=O) groups is 3. The van der Waals surface area contributed by atoms with Gasteiger partial charge in [0.05, 0.1) is 4.90 Å². The van der Waals surface area contributed by atoms with E-state index < -0.39 is 28.4 Å². The number of hydrogen-bond donors (Lipinski definition) is 3. The molecule has 1 fully saturated rings. The maximum absolute atomic E-state index is 12.6. The third kappa shape index (κ3) is 4.91. The molecular weight excluding hydrogens is 398 g/mol. The largest absolute Gasteiger partial charge is 0.480 e. The fraction of sp³-hybridized carbons (Fsp3) is 0.211. The molecule has 29 heavy (non-hydrogen) atoms. The molecule has 1 aliphatic rings. The lowest BCUT2D eigenvalue weighted by molar-refractivity contribution is -0.135. The van der Waals surface area contributed by atoms with Crippen LogP contribution in [0.1, 0.15) is 23.2 Å². The van der Waals surface area contributed by atoms with Gasteiger partial charge >= 0.3 is 5.97 Å². The number of carboxylic acids is 1. The number of carboxylic acid groups (broad SMARTS) is 1. The Bertz CT molecular complexity index is 1030. The average Bonchev–Trinajstić information content (AvgIpc) is 3.12. The molecule has 2 aromatic rings. The lowest BCUT2D eigenvalue weighted by Gasteiger charge is -2.16. The SMILES string of the molecule is O=C(O)CNC(=O)c1ccc(NS(=O)(=O)c2ccc(N3CCCC3=O)cc2)cc1. The van der Waals surface area contributed by atoms with Crippen molar-refractivity contribution in [3.63, 3.8) is 0 Å². The Kier molecular flexibility index (Phi) is 5.83. The van der Waals surface area contributed by atoms with E-state index in [4.69, 9.17) is 5.11 Å². The Labute approximate surface area is 167 Å². The summed E-state index contributed by atoms with van der Waals surface area (Å²) in [6.07, 6.45) is 1.27. The third-order valence-corrected chi connectivity index (χ3v) is 5.73. The lowest BCUT2D eigenvalue weighted by atomic mass is 10.2. The minimum Gasteiger partial charge on any atom is -0.480 e. The van der Waals surface area contributed by atoms with Crippen LogP contribution in [0.3, 0.4) is 0 Å². The molecule has 0 radical (unpaired) electrons. The Morgan fingerprint density at radius 1 is 1.03 bits per heavy atom. The molecule has 0 bridgehead atoms. The average molecular weight is 417 g/mol. The van der Waals surface area contributed by atoms with E-state index in [1.165, 1.54) is 36.4 Å². The summed E-state index contributed by atoms with van der Waals surface area (Å²) in [5.41, 5.74) is 1.11. The van der Waals surface area contributed by atoms with E-state index in [9.17, 15) is 22.8 Å². The van der Waals surface area contributed by atoms with Gasteiger partial charge < -0.3 is 15.3 Å². The minimum atomic E-state index is -3.85. The highest BCUT2D eigenvalue weighted by molar-refractivity contribution is 7.92. The fourth-order valence-electron chi connectivity index (χ4n) is 2.89. The first-order valence-electron chi connectivity index (χ1n) is 8.79. The number of nitrogens with one attached hydrogen (secondary N) is 2. The Morgan fingerprint density at radius 3 is 2.24 bits per heavy atom. The van der Waals surface area contributed by atoms with Gasteiger partial charge in [0, 0.05) is 29.9 Å². The van der Waals surface area contributed by atoms with Gasteiger partial charge in [0.15, 0.2) is 0 Å². The van der Waals surface area contributed by atoms with Crippen LogP contribution < -0.4 is 14.9 Å². The minimum absolute atomic E-state index is 0.0196. The Morgan fingerprint density at radius 2 is 1.69 bits per heavy atom. The fourth-order valence-corrected chi connectivity index (χ4v) is 3.95. The highest BCUT2D eigenvalue weighted by atomic mass is 32.2. The molecule has 1 heterocycles. The number of amides is 2. The van der Waals surface area contributed by atoms with Crippen LogP contribution in [-0.2, 0) is 19.6 Å². The van der Waals surface area contributed by atoms with Crippen LogP contribution in [0.2, 0.25) is 0 Å². The molecule has 0 spiro atoms. The maximum atomic E-state index is 12.6. The summed E-state index contributed by atoms with van der Waals surface area (Å²) in [6, 6.07) is 11.6. The number of carbonyl (C=O) groups excluding carboxylic acids is 2. The van der Waals surface area contributed by atoms with Gasteiger partial charge in [-0.25, -0.2) is 8.42 Å². The van der Waals surface area contributed by atoms with E-state index in [1.807, 2.05) is 0 Å². The number of sulfonamides is 1. The van der Waals surface area contributed by atoms with E-state index in [2.05, 4.69) is 10.0 Å². The number of benzene rings is 2. The first-order valence-corrected chi connectivity index (χ1v) is 10.3. The summed E-state index contributed by atoms with van der Waals surface area (Å²) >= 11 is 0. The Balaban J connectivity index is 1.68. The van der Waals surface area contributed by atoms with Crippen LogP contribution in [0.4, 0.5) is 11.4 Å². The topological polar surface area (TPSA) is 133 Å². The van der Waals surface area contributed by atoms with E-state index >= 15 is 0 Å². The molecule has 1 saturated heterocycles. The summed E-state index contributed by atoms with van der Waals surface area (Å²) in [5, 5.41) is 10.8. The van der Waals surface area contributed by atoms with Crippen LogP contribution in [0.15, 0.2) is 53.4 Å². The molecule has 2 aromatic carbocycles. The quantitative estimate of drug-likeness (QED) is 0.624. The molecule has 3 rings (SSSR count). The second-order valence-corrected chi connectivity index (χ2v) is 8.08. The van der Waals surface area contributed by atoms with E-state index in [1.54, 1.807) is 17.0 Å². The highest BCUT2D eigenvalue weighted by Gasteiger charge is 2.22. The van der Waals surface area contributed by atoms with Gasteiger partial charge in [-0.2, -0.15) is 0 Å². The number of anilines is 2. The first kappa shape index (κ1) is 20.3. The van der Waals surface area contributed by atoms with Crippen molar-refractivity contribution in [1.82, 2.24) is 5.32 Å². The number of rotatable bonds is 7. The van der Waals surface area contributed by atoms with Gasteiger partial charge in [0.25, 0.3) is 15.9 Å². The van der Waals surface area contributed by atoms with Gasteiger partial charge in [-0.15, -0.1) is 0 Å². The zero-order chi connectivity index (χ0) is 21.0. The summed E-state index contributed by atoms with van der Waals surface area (Å²) in [4.78, 5) is 35.7. The van der Waals surface area contributed by atoms with Crippen LogP contribution in [0.25, 0.3) is 0 Å². The Hall–Kier alpha value is -3.40. The molecule has 2 amide bonds. The zero-order valence-corrected chi connectivity index (χ0v) is 16.1. The summed E-state index contributed by atoms with van der Waals surface area (Å²) in [7, 11) is -3.85. The number of hydrogen-bond acceptors (Lipinski definition) is 5. The van der Waals surface area contributed by atoms with Crippen molar-refractivity contribution in [2.45, 2.75) is 17.7 Å². The van der Waals surface area contributed by atoms with Crippen molar-refractivity contribution in [2.75, 3.05) is 22.7 Å². The van der Waals surface area contributed by atoms with Crippen molar-refractivity contribution in [1.29, 1.82) is 0 Å². The molecule has 0 aliphatic carbocycles. The molecule has 0 saturated carbocycles. The van der Waals surface area contributed by atoms with Crippen molar-refractivity contribution < 1.29 is 27.9 Å². The normalized spacial score (nSPS) is 13.9. The molecule has 0 atom stereocenters. The standard InChI is InChI=1S/C19H19N3O6S/c23-17-2-1-11-22(17)15-7-9-16(10-8-15)29(27,28)21-14-5-3-13(4-6-14)19(26)20-12-18(24)25/h3-10,21H,1-2,11-12H2,(H,20,26)(H,24,25). The van der Waals surface area contributed by atoms with E-state index in [0.29, 0.717) is 18.7 Å². The van der Waals surface area contributed by atoms with Crippen LogP contribution in [0, 0.1) is 0 Å².